The quantitative estimate of drug-likeness (QED) is 0.655. The van der Waals surface area contributed by atoms with E-state index in [1.165, 1.54) is 5.56 Å². The van der Waals surface area contributed by atoms with Crippen molar-refractivity contribution in [1.29, 1.82) is 0 Å². The van der Waals surface area contributed by atoms with Crippen LogP contribution in [0.25, 0.3) is 6.08 Å². The Hall–Kier alpha value is -2.75. The molecule has 0 radical (unpaired) electrons. The highest BCUT2D eigenvalue weighted by atomic mass is 16.5. The summed E-state index contributed by atoms with van der Waals surface area (Å²) in [5, 5.41) is 0. The number of carbonyl (C=O) groups excluding carboxylic acids is 1. The zero-order valence-electron chi connectivity index (χ0n) is 15.2. The molecular formula is C21H24N2O2. The number of ether oxygens (including phenoxy) is 1. The Balaban J connectivity index is 1.97. The van der Waals surface area contributed by atoms with Gasteiger partial charge in [-0.05, 0) is 41.7 Å². The molecule has 1 aliphatic rings. The molecule has 2 N–H and O–H groups in total. The van der Waals surface area contributed by atoms with Crippen molar-refractivity contribution in [2.75, 3.05) is 17.2 Å². The van der Waals surface area contributed by atoms with Crippen molar-refractivity contribution >= 4 is 23.4 Å². The van der Waals surface area contributed by atoms with Crippen LogP contribution in [0.2, 0.25) is 0 Å². The van der Waals surface area contributed by atoms with E-state index >= 15 is 0 Å². The molecule has 25 heavy (non-hydrogen) atoms. The van der Waals surface area contributed by atoms with Gasteiger partial charge in [0.05, 0.1) is 5.69 Å². The number of nitrogen functional groups attached to an aromatic ring is 1. The summed E-state index contributed by atoms with van der Waals surface area (Å²) >= 11 is 0. The van der Waals surface area contributed by atoms with Crippen LogP contribution >= 0.6 is 0 Å². The summed E-state index contributed by atoms with van der Waals surface area (Å²) in [6.07, 6.45) is 1.78. The average molecular weight is 336 g/mol. The maximum absolute atomic E-state index is 12.7. The van der Waals surface area contributed by atoms with E-state index in [0.29, 0.717) is 23.7 Å². The Morgan fingerprint density at radius 2 is 1.80 bits per heavy atom. The molecule has 2 aromatic rings. The Morgan fingerprint density at radius 1 is 1.12 bits per heavy atom. The zero-order valence-corrected chi connectivity index (χ0v) is 15.2. The average Bonchev–Trinajstić information content (AvgIpc) is 2.55. The first-order valence-electron chi connectivity index (χ1n) is 8.51. The third-order valence-corrected chi connectivity index (χ3v) is 4.34. The summed E-state index contributed by atoms with van der Waals surface area (Å²) < 4.78 is 5.85. The van der Waals surface area contributed by atoms with Crippen molar-refractivity contribution in [3.63, 3.8) is 0 Å². The second-order valence-corrected chi connectivity index (χ2v) is 7.26. The van der Waals surface area contributed by atoms with E-state index in [0.717, 1.165) is 11.3 Å². The molecule has 1 amide bonds. The summed E-state index contributed by atoms with van der Waals surface area (Å²) in [6, 6.07) is 13.5. The predicted molar refractivity (Wildman–Crippen MR) is 103 cm³/mol. The second-order valence-electron chi connectivity index (χ2n) is 7.26. The molecule has 0 saturated heterocycles. The number of fused-ring (bicyclic) bond motifs is 1. The minimum atomic E-state index is -0.139. The molecule has 1 heterocycles. The number of nitrogens with zero attached hydrogens (tertiary/aromatic N) is 1. The number of amides is 1. The summed E-state index contributed by atoms with van der Waals surface area (Å²) in [4.78, 5) is 14.4. The van der Waals surface area contributed by atoms with Crippen LogP contribution in [-0.4, -0.2) is 12.5 Å². The van der Waals surface area contributed by atoms with Gasteiger partial charge in [0.15, 0.2) is 11.5 Å². The number of benzene rings is 2. The van der Waals surface area contributed by atoms with Crippen LogP contribution in [0.3, 0.4) is 0 Å². The first-order chi connectivity index (χ1) is 11.8. The summed E-state index contributed by atoms with van der Waals surface area (Å²) in [7, 11) is 0. The van der Waals surface area contributed by atoms with Gasteiger partial charge in [0, 0.05) is 18.3 Å². The van der Waals surface area contributed by atoms with E-state index in [9.17, 15) is 4.79 Å². The molecule has 0 bridgehead atoms. The Kier molecular flexibility index (Phi) is 4.29. The highest BCUT2D eigenvalue weighted by Gasteiger charge is 2.29. The van der Waals surface area contributed by atoms with Gasteiger partial charge in [-0.25, -0.2) is 0 Å². The Labute approximate surface area is 148 Å². The van der Waals surface area contributed by atoms with Gasteiger partial charge in [0.1, 0.15) is 0 Å². The number of anilines is 2. The Morgan fingerprint density at radius 3 is 2.40 bits per heavy atom. The minimum Gasteiger partial charge on any atom is -0.449 e. The molecule has 3 rings (SSSR count). The normalized spacial score (nSPS) is 15.9. The molecule has 4 heteroatoms. The molecule has 0 fully saturated rings. The lowest BCUT2D eigenvalue weighted by Gasteiger charge is -2.29. The third-order valence-electron chi connectivity index (χ3n) is 4.34. The SMILES string of the molecule is CCN1C(=O)/C(=C\c2ccc(C(C)(C)C)cc2)Oc2cc(N)ccc21. The molecule has 0 spiro atoms. The number of carbonyl (C=O) groups is 1. The van der Waals surface area contributed by atoms with Crippen molar-refractivity contribution in [3.8, 4) is 5.75 Å². The van der Waals surface area contributed by atoms with Gasteiger partial charge in [-0.15, -0.1) is 0 Å². The largest absolute Gasteiger partial charge is 0.449 e. The van der Waals surface area contributed by atoms with Crippen LogP contribution in [0.5, 0.6) is 5.75 Å². The zero-order chi connectivity index (χ0) is 18.2. The maximum atomic E-state index is 12.7. The smallest absolute Gasteiger partial charge is 0.294 e. The van der Waals surface area contributed by atoms with E-state index in [-0.39, 0.29) is 11.3 Å². The van der Waals surface area contributed by atoms with Gasteiger partial charge < -0.3 is 15.4 Å². The summed E-state index contributed by atoms with van der Waals surface area (Å²) in [5.74, 6) is 0.780. The second kappa shape index (κ2) is 6.28. The lowest BCUT2D eigenvalue weighted by atomic mass is 9.87. The van der Waals surface area contributed by atoms with Crippen LogP contribution < -0.4 is 15.4 Å². The van der Waals surface area contributed by atoms with Gasteiger partial charge in [0.2, 0.25) is 0 Å². The molecule has 0 aliphatic carbocycles. The maximum Gasteiger partial charge on any atom is 0.294 e. The number of rotatable bonds is 2. The standard InChI is InChI=1S/C21H24N2O2/c1-5-23-17-11-10-16(22)13-18(17)25-19(20(23)24)12-14-6-8-15(9-7-14)21(2,3)4/h6-13H,5,22H2,1-4H3/b19-12+. The monoisotopic (exact) mass is 336 g/mol. The summed E-state index contributed by atoms with van der Waals surface area (Å²) in [6.45, 7) is 9.04. The fourth-order valence-corrected chi connectivity index (χ4v) is 2.88. The predicted octanol–water partition coefficient (Wildman–Crippen LogP) is 4.35. The Bertz CT molecular complexity index is 830. The van der Waals surface area contributed by atoms with Crippen molar-refractivity contribution in [1.82, 2.24) is 0 Å². The van der Waals surface area contributed by atoms with Gasteiger partial charge >= 0.3 is 0 Å². The molecular weight excluding hydrogens is 312 g/mol. The number of likely N-dealkylation sites (N-methyl/N-ethyl adjacent to an activating group) is 1. The minimum absolute atomic E-state index is 0.0955. The van der Waals surface area contributed by atoms with Crippen molar-refractivity contribution in [2.24, 2.45) is 0 Å². The van der Waals surface area contributed by atoms with E-state index in [1.54, 1.807) is 23.1 Å². The molecule has 2 aromatic carbocycles. The van der Waals surface area contributed by atoms with Gasteiger partial charge in [-0.1, -0.05) is 45.0 Å². The van der Waals surface area contributed by atoms with Gasteiger partial charge in [-0.3, -0.25) is 4.79 Å². The van der Waals surface area contributed by atoms with Crippen LogP contribution in [0.4, 0.5) is 11.4 Å². The van der Waals surface area contributed by atoms with Crippen LogP contribution in [-0.2, 0) is 10.2 Å². The molecule has 0 saturated carbocycles. The molecule has 4 nitrogen and oxygen atoms in total. The first-order valence-corrected chi connectivity index (χ1v) is 8.51. The molecule has 0 aromatic heterocycles. The van der Waals surface area contributed by atoms with Gasteiger partial charge in [-0.2, -0.15) is 0 Å². The molecule has 0 unspecified atom stereocenters. The molecule has 1 aliphatic heterocycles. The number of nitrogens with two attached hydrogens (primary N) is 1. The van der Waals surface area contributed by atoms with E-state index in [2.05, 4.69) is 32.9 Å². The van der Waals surface area contributed by atoms with Crippen molar-refractivity contribution in [3.05, 3.63) is 59.4 Å². The van der Waals surface area contributed by atoms with E-state index in [4.69, 9.17) is 10.5 Å². The summed E-state index contributed by atoms with van der Waals surface area (Å²) in [5.41, 5.74) is 9.49. The lowest BCUT2D eigenvalue weighted by Crippen LogP contribution is -2.37. The third kappa shape index (κ3) is 3.38. The fourth-order valence-electron chi connectivity index (χ4n) is 2.88. The van der Waals surface area contributed by atoms with Gasteiger partial charge in [0.25, 0.3) is 5.91 Å². The van der Waals surface area contributed by atoms with E-state index < -0.39 is 0 Å². The fraction of sp³-hybridized carbons (Fsp3) is 0.286. The highest BCUT2D eigenvalue weighted by Crippen LogP contribution is 2.37. The number of hydrogen-bond donors (Lipinski definition) is 1. The lowest BCUT2D eigenvalue weighted by molar-refractivity contribution is -0.117. The first kappa shape index (κ1) is 17.1. The van der Waals surface area contributed by atoms with Crippen molar-refractivity contribution in [2.45, 2.75) is 33.1 Å². The van der Waals surface area contributed by atoms with Crippen LogP contribution in [0, 0.1) is 0 Å². The topological polar surface area (TPSA) is 55.6 Å². The van der Waals surface area contributed by atoms with E-state index in [1.807, 2.05) is 25.1 Å². The van der Waals surface area contributed by atoms with Crippen LogP contribution in [0.1, 0.15) is 38.8 Å². The number of hydrogen-bond acceptors (Lipinski definition) is 3. The molecule has 0 atom stereocenters. The van der Waals surface area contributed by atoms with Crippen molar-refractivity contribution < 1.29 is 9.53 Å². The van der Waals surface area contributed by atoms with Crippen LogP contribution in [0.15, 0.2) is 48.2 Å². The highest BCUT2D eigenvalue weighted by molar-refractivity contribution is 6.10. The molecule has 130 valence electrons.